The Morgan fingerprint density at radius 2 is 1.86 bits per heavy atom. The topological polar surface area (TPSA) is 24.9 Å². The third kappa shape index (κ3) is 3.45. The van der Waals surface area contributed by atoms with Crippen LogP contribution in [-0.4, -0.2) is 11.5 Å². The summed E-state index contributed by atoms with van der Waals surface area (Å²) in [6.07, 6.45) is 2.95. The largest absolute Gasteiger partial charge is 0.385 e. The van der Waals surface area contributed by atoms with Crippen LogP contribution in [0.4, 0.5) is 5.69 Å². The molecule has 3 aromatic rings. The van der Waals surface area contributed by atoms with Crippen LogP contribution in [0.1, 0.15) is 30.4 Å². The molecule has 2 heteroatoms. The lowest BCUT2D eigenvalue weighted by atomic mass is 9.97. The van der Waals surface area contributed by atoms with E-state index in [2.05, 4.69) is 72.7 Å². The Balaban J connectivity index is 1.58. The van der Waals surface area contributed by atoms with E-state index in [9.17, 15) is 0 Å². The van der Waals surface area contributed by atoms with Crippen molar-refractivity contribution in [2.75, 3.05) is 11.9 Å². The minimum atomic E-state index is 0.565. The van der Waals surface area contributed by atoms with Gasteiger partial charge in [-0.2, -0.15) is 0 Å². The van der Waals surface area contributed by atoms with Gasteiger partial charge in [0.25, 0.3) is 0 Å². The number of aryl methyl sites for hydroxylation is 1. The summed E-state index contributed by atoms with van der Waals surface area (Å²) in [4.78, 5) is 4.35. The zero-order valence-electron chi connectivity index (χ0n) is 13.2. The van der Waals surface area contributed by atoms with Gasteiger partial charge >= 0.3 is 0 Å². The molecule has 0 aliphatic carbocycles. The van der Waals surface area contributed by atoms with E-state index in [0.717, 1.165) is 24.2 Å². The number of pyridine rings is 1. The van der Waals surface area contributed by atoms with Gasteiger partial charge in [-0.3, -0.25) is 4.98 Å². The summed E-state index contributed by atoms with van der Waals surface area (Å²) in [6, 6.07) is 19.3. The van der Waals surface area contributed by atoms with Crippen molar-refractivity contribution in [1.82, 2.24) is 4.98 Å². The fourth-order valence-corrected chi connectivity index (χ4v) is 2.68. The SMILES string of the molecule is Cc1ccc(C(C)CCNc2ccc3ncccc3c2)cc1. The van der Waals surface area contributed by atoms with E-state index in [4.69, 9.17) is 0 Å². The van der Waals surface area contributed by atoms with Crippen LogP contribution in [0.2, 0.25) is 0 Å². The molecule has 0 saturated carbocycles. The molecule has 1 unspecified atom stereocenters. The van der Waals surface area contributed by atoms with Crippen molar-refractivity contribution in [1.29, 1.82) is 0 Å². The van der Waals surface area contributed by atoms with Crippen molar-refractivity contribution in [3.8, 4) is 0 Å². The maximum absolute atomic E-state index is 4.35. The molecule has 0 aliphatic heterocycles. The van der Waals surface area contributed by atoms with Crippen LogP contribution in [0.15, 0.2) is 60.8 Å². The Morgan fingerprint density at radius 3 is 2.68 bits per heavy atom. The highest BCUT2D eigenvalue weighted by Crippen LogP contribution is 2.21. The second-order valence-electron chi connectivity index (χ2n) is 5.94. The molecule has 1 N–H and O–H groups in total. The Hall–Kier alpha value is -2.35. The Bertz CT molecular complexity index is 747. The summed E-state index contributed by atoms with van der Waals surface area (Å²) < 4.78 is 0. The van der Waals surface area contributed by atoms with Gasteiger partial charge in [0, 0.05) is 23.8 Å². The lowest BCUT2D eigenvalue weighted by molar-refractivity contribution is 0.706. The van der Waals surface area contributed by atoms with Gasteiger partial charge in [0.1, 0.15) is 0 Å². The summed E-state index contributed by atoms with van der Waals surface area (Å²) in [7, 11) is 0. The molecule has 0 saturated heterocycles. The van der Waals surface area contributed by atoms with Gasteiger partial charge in [-0.25, -0.2) is 0 Å². The van der Waals surface area contributed by atoms with Gasteiger partial charge in [-0.05, 0) is 49.1 Å². The standard InChI is InChI=1S/C20H22N2/c1-15-5-7-17(8-6-15)16(2)11-13-21-19-9-10-20-18(14-19)4-3-12-22-20/h3-10,12,14,16,21H,11,13H2,1-2H3. The number of nitrogens with one attached hydrogen (secondary N) is 1. The van der Waals surface area contributed by atoms with Crippen molar-refractivity contribution in [3.05, 3.63) is 71.9 Å². The number of hydrogen-bond donors (Lipinski definition) is 1. The Morgan fingerprint density at radius 1 is 1.05 bits per heavy atom. The first kappa shape index (κ1) is 14.6. The van der Waals surface area contributed by atoms with E-state index in [1.54, 1.807) is 0 Å². The molecule has 2 nitrogen and oxygen atoms in total. The molecule has 22 heavy (non-hydrogen) atoms. The smallest absolute Gasteiger partial charge is 0.0703 e. The van der Waals surface area contributed by atoms with E-state index in [1.165, 1.54) is 16.5 Å². The highest BCUT2D eigenvalue weighted by molar-refractivity contribution is 5.82. The van der Waals surface area contributed by atoms with Crippen LogP contribution >= 0.6 is 0 Å². The molecule has 0 bridgehead atoms. The average molecular weight is 290 g/mol. The predicted octanol–water partition coefficient (Wildman–Crippen LogP) is 5.15. The van der Waals surface area contributed by atoms with E-state index in [0.29, 0.717) is 5.92 Å². The zero-order valence-corrected chi connectivity index (χ0v) is 13.2. The average Bonchev–Trinajstić information content (AvgIpc) is 2.55. The third-order valence-electron chi connectivity index (χ3n) is 4.16. The summed E-state index contributed by atoms with van der Waals surface area (Å²) >= 11 is 0. The van der Waals surface area contributed by atoms with E-state index in [-0.39, 0.29) is 0 Å². The third-order valence-corrected chi connectivity index (χ3v) is 4.16. The summed E-state index contributed by atoms with van der Waals surface area (Å²) in [5, 5.41) is 4.70. The van der Waals surface area contributed by atoms with E-state index >= 15 is 0 Å². The number of anilines is 1. The van der Waals surface area contributed by atoms with Crippen molar-refractivity contribution >= 4 is 16.6 Å². The first-order valence-electron chi connectivity index (χ1n) is 7.87. The van der Waals surface area contributed by atoms with Crippen LogP contribution in [-0.2, 0) is 0 Å². The lowest BCUT2D eigenvalue weighted by Crippen LogP contribution is -2.06. The molecule has 1 atom stereocenters. The van der Waals surface area contributed by atoms with Crippen LogP contribution in [0.5, 0.6) is 0 Å². The van der Waals surface area contributed by atoms with Crippen molar-refractivity contribution < 1.29 is 0 Å². The zero-order chi connectivity index (χ0) is 15.4. The number of fused-ring (bicyclic) bond motifs is 1. The lowest BCUT2D eigenvalue weighted by Gasteiger charge is -2.13. The molecule has 3 rings (SSSR count). The molecule has 0 fully saturated rings. The van der Waals surface area contributed by atoms with Crippen molar-refractivity contribution in [3.63, 3.8) is 0 Å². The quantitative estimate of drug-likeness (QED) is 0.703. The van der Waals surface area contributed by atoms with E-state index in [1.807, 2.05) is 12.3 Å². The predicted molar refractivity (Wildman–Crippen MR) is 94.4 cm³/mol. The van der Waals surface area contributed by atoms with Gasteiger partial charge in [0.05, 0.1) is 5.52 Å². The number of rotatable bonds is 5. The van der Waals surface area contributed by atoms with E-state index < -0.39 is 0 Å². The maximum atomic E-state index is 4.35. The summed E-state index contributed by atoms with van der Waals surface area (Å²) in [6.45, 7) is 5.39. The second-order valence-corrected chi connectivity index (χ2v) is 5.94. The maximum Gasteiger partial charge on any atom is 0.0703 e. The van der Waals surface area contributed by atoms with Crippen molar-refractivity contribution in [2.24, 2.45) is 0 Å². The Kier molecular flexibility index (Phi) is 4.38. The van der Waals surface area contributed by atoms with Crippen LogP contribution < -0.4 is 5.32 Å². The second kappa shape index (κ2) is 6.61. The minimum Gasteiger partial charge on any atom is -0.385 e. The molecular weight excluding hydrogens is 268 g/mol. The van der Waals surface area contributed by atoms with Gasteiger partial charge in [-0.1, -0.05) is 42.8 Å². The summed E-state index contributed by atoms with van der Waals surface area (Å²) in [5.74, 6) is 0.565. The fraction of sp³-hybridized carbons (Fsp3) is 0.250. The highest BCUT2D eigenvalue weighted by Gasteiger charge is 2.05. The van der Waals surface area contributed by atoms with Gasteiger partial charge in [-0.15, -0.1) is 0 Å². The van der Waals surface area contributed by atoms with Crippen LogP contribution in [0.3, 0.4) is 0 Å². The highest BCUT2D eigenvalue weighted by atomic mass is 14.9. The van der Waals surface area contributed by atoms with Gasteiger partial charge in [0.15, 0.2) is 0 Å². The molecular formula is C20H22N2. The summed E-state index contributed by atoms with van der Waals surface area (Å²) in [5.41, 5.74) is 4.94. The number of benzene rings is 2. The van der Waals surface area contributed by atoms with Crippen molar-refractivity contribution in [2.45, 2.75) is 26.2 Å². The Labute approximate surface area is 132 Å². The first-order valence-corrected chi connectivity index (χ1v) is 7.87. The number of nitrogens with zero attached hydrogens (tertiary/aromatic N) is 1. The number of aromatic nitrogens is 1. The van der Waals surface area contributed by atoms with Crippen LogP contribution in [0, 0.1) is 6.92 Å². The van der Waals surface area contributed by atoms with Gasteiger partial charge < -0.3 is 5.32 Å². The molecule has 2 aromatic carbocycles. The van der Waals surface area contributed by atoms with Gasteiger partial charge in [0.2, 0.25) is 0 Å². The molecule has 1 aromatic heterocycles. The molecule has 112 valence electrons. The minimum absolute atomic E-state index is 0.565. The molecule has 1 heterocycles. The fourth-order valence-electron chi connectivity index (χ4n) is 2.68. The number of hydrogen-bond acceptors (Lipinski definition) is 2. The molecule has 0 radical (unpaired) electrons. The molecule has 0 spiro atoms. The van der Waals surface area contributed by atoms with Crippen LogP contribution in [0.25, 0.3) is 10.9 Å². The first-order chi connectivity index (χ1) is 10.7. The normalized spacial score (nSPS) is 12.3. The molecule has 0 amide bonds. The molecule has 0 aliphatic rings. The monoisotopic (exact) mass is 290 g/mol.